The van der Waals surface area contributed by atoms with E-state index in [9.17, 15) is 0 Å². The van der Waals surface area contributed by atoms with Crippen LogP contribution in [0.3, 0.4) is 0 Å². The molecule has 2 heterocycles. The molecule has 0 aromatic carbocycles. The lowest BCUT2D eigenvalue weighted by molar-refractivity contribution is 0.300. The van der Waals surface area contributed by atoms with E-state index >= 15 is 0 Å². The molecule has 0 radical (unpaired) electrons. The van der Waals surface area contributed by atoms with Crippen LogP contribution in [0.2, 0.25) is 0 Å². The van der Waals surface area contributed by atoms with Crippen molar-refractivity contribution in [3.05, 3.63) is 18.6 Å². The fourth-order valence-electron chi connectivity index (χ4n) is 1.38. The van der Waals surface area contributed by atoms with Gasteiger partial charge in [0.25, 0.3) is 5.88 Å². The van der Waals surface area contributed by atoms with E-state index in [-0.39, 0.29) is 0 Å². The molecule has 2 aromatic heterocycles. The van der Waals surface area contributed by atoms with E-state index in [2.05, 4.69) is 22.3 Å². The van der Waals surface area contributed by atoms with Gasteiger partial charge < -0.3 is 10.2 Å². The molecular weight excluding hydrogens is 206 g/mol. The minimum absolute atomic E-state index is 0.508. The maximum Gasteiger partial charge on any atom is 0.260 e. The minimum atomic E-state index is 0.508. The number of unbranched alkanes of at least 4 members (excludes halogenated alkanes) is 1. The van der Waals surface area contributed by atoms with Gasteiger partial charge in [-0.3, -0.25) is 4.40 Å². The van der Waals surface area contributed by atoms with Crippen LogP contribution in [0.25, 0.3) is 5.65 Å². The van der Waals surface area contributed by atoms with Crippen LogP contribution in [0.5, 0.6) is 5.88 Å². The van der Waals surface area contributed by atoms with Crippen LogP contribution in [0.1, 0.15) is 19.8 Å². The number of aromatic nitrogens is 3. The Hall–Kier alpha value is -1.82. The topological polar surface area (TPSA) is 77.5 Å². The largest absolute Gasteiger partial charge is 0.475 e. The number of hydrazine groups is 1. The number of anilines is 1. The molecule has 0 bridgehead atoms. The zero-order valence-electron chi connectivity index (χ0n) is 9.18. The lowest BCUT2D eigenvalue weighted by Gasteiger charge is -2.07. The van der Waals surface area contributed by atoms with Crippen LogP contribution < -0.4 is 16.0 Å². The summed E-state index contributed by atoms with van der Waals surface area (Å²) in [7, 11) is 0. The van der Waals surface area contributed by atoms with E-state index < -0.39 is 0 Å². The summed E-state index contributed by atoms with van der Waals surface area (Å²) >= 11 is 0. The Morgan fingerprint density at radius 1 is 1.56 bits per heavy atom. The molecule has 0 amide bonds. The van der Waals surface area contributed by atoms with Crippen LogP contribution in [-0.4, -0.2) is 21.0 Å². The molecule has 0 fully saturated rings. The third-order valence-electron chi connectivity index (χ3n) is 2.23. The van der Waals surface area contributed by atoms with Gasteiger partial charge in [-0.05, 0) is 6.42 Å². The molecule has 0 aliphatic heterocycles. The Kier molecular flexibility index (Phi) is 3.21. The van der Waals surface area contributed by atoms with E-state index in [0.29, 0.717) is 24.0 Å². The van der Waals surface area contributed by atoms with E-state index in [1.54, 1.807) is 12.4 Å². The number of hydrogen-bond acceptors (Lipinski definition) is 5. The van der Waals surface area contributed by atoms with E-state index in [1.807, 2.05) is 10.6 Å². The second kappa shape index (κ2) is 4.80. The van der Waals surface area contributed by atoms with Crippen LogP contribution >= 0.6 is 0 Å². The summed E-state index contributed by atoms with van der Waals surface area (Å²) in [5.41, 5.74) is 3.20. The summed E-state index contributed by atoms with van der Waals surface area (Å²) < 4.78 is 7.39. The van der Waals surface area contributed by atoms with Gasteiger partial charge in [0.05, 0.1) is 12.8 Å². The molecule has 6 heteroatoms. The highest BCUT2D eigenvalue weighted by Gasteiger charge is 2.07. The normalized spacial score (nSPS) is 10.6. The fourth-order valence-corrected chi connectivity index (χ4v) is 1.38. The molecule has 0 unspecified atom stereocenters. The molecule has 2 aromatic rings. The molecule has 16 heavy (non-hydrogen) atoms. The predicted octanol–water partition coefficient (Wildman–Crippen LogP) is 1.19. The Bertz CT molecular complexity index is 467. The molecular formula is C10H15N5O. The summed E-state index contributed by atoms with van der Waals surface area (Å²) in [4.78, 5) is 8.40. The molecule has 0 aliphatic rings. The second-order valence-electron chi connectivity index (χ2n) is 3.44. The quantitative estimate of drug-likeness (QED) is 0.450. The number of hydrogen-bond donors (Lipinski definition) is 2. The zero-order chi connectivity index (χ0) is 11.4. The highest BCUT2D eigenvalue weighted by molar-refractivity contribution is 5.53. The average molecular weight is 221 g/mol. The maximum atomic E-state index is 5.57. The predicted molar refractivity (Wildman–Crippen MR) is 61.2 cm³/mol. The maximum absolute atomic E-state index is 5.57. The Labute approximate surface area is 93.4 Å². The number of fused-ring (bicyclic) bond motifs is 1. The van der Waals surface area contributed by atoms with Gasteiger partial charge in [0.2, 0.25) is 5.65 Å². The smallest absolute Gasteiger partial charge is 0.260 e. The Balaban J connectivity index is 2.29. The lowest BCUT2D eigenvalue weighted by Crippen LogP contribution is -2.11. The van der Waals surface area contributed by atoms with Crippen molar-refractivity contribution in [2.45, 2.75) is 19.8 Å². The highest BCUT2D eigenvalue weighted by Crippen LogP contribution is 2.18. The molecule has 0 spiro atoms. The number of rotatable bonds is 5. The Morgan fingerprint density at radius 2 is 2.44 bits per heavy atom. The van der Waals surface area contributed by atoms with Crippen LogP contribution in [-0.2, 0) is 0 Å². The summed E-state index contributed by atoms with van der Waals surface area (Å²) in [6.07, 6.45) is 7.36. The molecule has 86 valence electrons. The third-order valence-corrected chi connectivity index (χ3v) is 2.23. The number of ether oxygens (including phenoxy) is 1. The van der Waals surface area contributed by atoms with Gasteiger partial charge in [-0.15, -0.1) is 0 Å². The molecule has 2 rings (SSSR count). The van der Waals surface area contributed by atoms with Gasteiger partial charge in [0, 0.05) is 12.4 Å². The highest BCUT2D eigenvalue weighted by atomic mass is 16.5. The van der Waals surface area contributed by atoms with Crippen molar-refractivity contribution in [1.29, 1.82) is 0 Å². The summed E-state index contributed by atoms with van der Waals surface area (Å²) in [5, 5.41) is 0. The Morgan fingerprint density at radius 3 is 3.19 bits per heavy atom. The molecule has 0 saturated carbocycles. The standard InChI is InChI=1S/C10H15N5O/c1-2-3-6-16-10-9-12-4-5-15(9)7-8(13-10)14-11/h4-5,7,14H,2-3,6,11H2,1H3. The van der Waals surface area contributed by atoms with Crippen molar-refractivity contribution in [3.8, 4) is 5.88 Å². The summed E-state index contributed by atoms with van der Waals surface area (Å²) in [5.74, 6) is 6.39. The molecule has 0 aliphatic carbocycles. The van der Waals surface area contributed by atoms with Gasteiger partial charge in [0.1, 0.15) is 0 Å². The van der Waals surface area contributed by atoms with Crippen molar-refractivity contribution in [3.63, 3.8) is 0 Å². The monoisotopic (exact) mass is 221 g/mol. The number of nitrogens with two attached hydrogens (primary N) is 1. The van der Waals surface area contributed by atoms with Crippen molar-refractivity contribution < 1.29 is 4.74 Å². The fraction of sp³-hybridized carbons (Fsp3) is 0.400. The number of nitrogen functional groups attached to an aromatic ring is 1. The lowest BCUT2D eigenvalue weighted by atomic mass is 10.4. The number of nitrogens with one attached hydrogen (secondary N) is 1. The first-order valence-corrected chi connectivity index (χ1v) is 5.28. The molecule has 0 atom stereocenters. The number of nitrogens with zero attached hydrogens (tertiary/aromatic N) is 3. The van der Waals surface area contributed by atoms with Crippen LogP contribution in [0, 0.1) is 0 Å². The first kappa shape index (κ1) is 10.7. The van der Waals surface area contributed by atoms with Crippen LogP contribution in [0.4, 0.5) is 5.82 Å². The summed E-state index contributed by atoms with van der Waals surface area (Å²) in [6, 6.07) is 0. The molecule has 3 N–H and O–H groups in total. The second-order valence-corrected chi connectivity index (χ2v) is 3.44. The summed E-state index contributed by atoms with van der Waals surface area (Å²) in [6.45, 7) is 2.75. The van der Waals surface area contributed by atoms with Crippen molar-refractivity contribution in [1.82, 2.24) is 14.4 Å². The van der Waals surface area contributed by atoms with Gasteiger partial charge in [0.15, 0.2) is 5.82 Å². The SMILES string of the molecule is CCCCOc1nc(NN)cn2ccnc12. The van der Waals surface area contributed by atoms with E-state index in [4.69, 9.17) is 10.6 Å². The number of imidazole rings is 1. The van der Waals surface area contributed by atoms with Gasteiger partial charge in [-0.1, -0.05) is 13.3 Å². The first-order valence-electron chi connectivity index (χ1n) is 5.28. The average Bonchev–Trinajstić information content (AvgIpc) is 2.77. The van der Waals surface area contributed by atoms with Crippen molar-refractivity contribution in [2.24, 2.45) is 5.84 Å². The van der Waals surface area contributed by atoms with Gasteiger partial charge >= 0.3 is 0 Å². The van der Waals surface area contributed by atoms with Gasteiger partial charge in [-0.2, -0.15) is 4.98 Å². The minimum Gasteiger partial charge on any atom is -0.475 e. The van der Waals surface area contributed by atoms with Crippen molar-refractivity contribution >= 4 is 11.5 Å². The first-order chi connectivity index (χ1) is 7.85. The van der Waals surface area contributed by atoms with Crippen molar-refractivity contribution in [2.75, 3.05) is 12.0 Å². The van der Waals surface area contributed by atoms with Gasteiger partial charge in [-0.25, -0.2) is 10.8 Å². The molecule has 0 saturated heterocycles. The molecule has 6 nitrogen and oxygen atoms in total. The van der Waals surface area contributed by atoms with E-state index in [0.717, 1.165) is 12.8 Å². The van der Waals surface area contributed by atoms with E-state index in [1.165, 1.54) is 0 Å². The third kappa shape index (κ3) is 2.06. The van der Waals surface area contributed by atoms with Crippen LogP contribution in [0.15, 0.2) is 18.6 Å². The zero-order valence-corrected chi connectivity index (χ0v) is 9.18.